The molecule has 5 nitrogen and oxygen atoms in total. The van der Waals surface area contributed by atoms with Gasteiger partial charge in [0.25, 0.3) is 0 Å². The minimum Gasteiger partial charge on any atom is -0.494 e. The highest BCUT2D eigenvalue weighted by atomic mass is 16.5. The minimum absolute atomic E-state index is 0.00950. The lowest BCUT2D eigenvalue weighted by atomic mass is 9.87. The minimum atomic E-state index is -0.185. The van der Waals surface area contributed by atoms with Gasteiger partial charge in [0, 0.05) is 17.9 Å². The van der Waals surface area contributed by atoms with E-state index in [-0.39, 0.29) is 17.4 Å². The Bertz CT molecular complexity index is 728. The van der Waals surface area contributed by atoms with E-state index in [2.05, 4.69) is 31.2 Å². The second-order valence-electron chi connectivity index (χ2n) is 6.84. The lowest BCUT2D eigenvalue weighted by molar-refractivity contribution is -0.116. The van der Waals surface area contributed by atoms with Gasteiger partial charge in [0.1, 0.15) is 11.6 Å². The molecule has 1 aliphatic heterocycles. The van der Waals surface area contributed by atoms with Crippen molar-refractivity contribution >= 4 is 11.7 Å². The van der Waals surface area contributed by atoms with E-state index in [1.54, 1.807) is 0 Å². The number of hydrogen-bond acceptors (Lipinski definition) is 3. The van der Waals surface area contributed by atoms with E-state index in [1.807, 2.05) is 42.1 Å². The van der Waals surface area contributed by atoms with Crippen molar-refractivity contribution in [3.05, 3.63) is 41.6 Å². The van der Waals surface area contributed by atoms with Crippen LogP contribution in [0.1, 0.15) is 51.2 Å². The Morgan fingerprint density at radius 2 is 2.17 bits per heavy atom. The van der Waals surface area contributed by atoms with Crippen molar-refractivity contribution < 1.29 is 9.53 Å². The number of nitrogens with one attached hydrogen (secondary N) is 1. The number of nitrogens with zero attached hydrogens (tertiary/aromatic N) is 2. The van der Waals surface area contributed by atoms with Crippen molar-refractivity contribution in [2.45, 2.75) is 45.6 Å². The van der Waals surface area contributed by atoms with Crippen molar-refractivity contribution in [2.24, 2.45) is 0 Å². The van der Waals surface area contributed by atoms with Gasteiger partial charge in [-0.3, -0.25) is 4.79 Å². The number of carbonyl (C=O) groups is 1. The number of hydrogen-bond donors (Lipinski definition) is 1. The molecule has 3 rings (SSSR count). The van der Waals surface area contributed by atoms with Gasteiger partial charge < -0.3 is 10.1 Å². The van der Waals surface area contributed by atoms with Crippen LogP contribution in [0, 0.1) is 0 Å². The molecule has 0 saturated heterocycles. The molecule has 0 radical (unpaired) electrons. The molecule has 0 spiro atoms. The van der Waals surface area contributed by atoms with E-state index < -0.39 is 0 Å². The Morgan fingerprint density at radius 1 is 1.39 bits per heavy atom. The molecule has 1 aliphatic rings. The summed E-state index contributed by atoms with van der Waals surface area (Å²) < 4.78 is 7.48. The Morgan fingerprint density at radius 3 is 2.87 bits per heavy atom. The molecule has 0 unspecified atom stereocenters. The average Bonchev–Trinajstić information content (AvgIpc) is 2.90. The van der Waals surface area contributed by atoms with Crippen molar-refractivity contribution in [1.29, 1.82) is 0 Å². The van der Waals surface area contributed by atoms with Crippen LogP contribution in [0.2, 0.25) is 0 Å². The van der Waals surface area contributed by atoms with E-state index >= 15 is 0 Å². The van der Waals surface area contributed by atoms with Gasteiger partial charge in [0.05, 0.1) is 18.3 Å². The number of carbonyl (C=O) groups excluding carboxylic acids is 1. The molecule has 0 fully saturated rings. The summed E-state index contributed by atoms with van der Waals surface area (Å²) in [6, 6.07) is 7.98. The first-order valence-corrected chi connectivity index (χ1v) is 8.01. The molecular weight excluding hydrogens is 290 g/mol. The maximum absolute atomic E-state index is 12.2. The lowest BCUT2D eigenvalue weighted by Gasteiger charge is -2.28. The smallest absolute Gasteiger partial charge is 0.226 e. The van der Waals surface area contributed by atoms with E-state index in [1.165, 1.54) is 0 Å². The molecule has 0 bridgehead atoms. The molecule has 122 valence electrons. The van der Waals surface area contributed by atoms with Crippen molar-refractivity contribution in [3.63, 3.8) is 0 Å². The maximum atomic E-state index is 12.2. The molecule has 0 aliphatic carbocycles. The zero-order valence-corrected chi connectivity index (χ0v) is 14.1. The average molecular weight is 313 g/mol. The first kappa shape index (κ1) is 15.6. The predicted molar refractivity (Wildman–Crippen MR) is 89.9 cm³/mol. The van der Waals surface area contributed by atoms with Crippen molar-refractivity contribution in [2.75, 3.05) is 11.9 Å². The van der Waals surface area contributed by atoms with Crippen LogP contribution < -0.4 is 10.1 Å². The zero-order valence-electron chi connectivity index (χ0n) is 14.1. The van der Waals surface area contributed by atoms with Crippen LogP contribution in [0.25, 0.3) is 0 Å². The van der Waals surface area contributed by atoms with Crippen molar-refractivity contribution in [1.82, 2.24) is 9.78 Å². The summed E-state index contributed by atoms with van der Waals surface area (Å²) in [5.41, 5.74) is 1.96. The molecule has 2 aromatic rings. The van der Waals surface area contributed by atoms with Crippen LogP contribution in [-0.2, 0) is 10.3 Å². The van der Waals surface area contributed by atoms with Crippen LogP contribution in [0.3, 0.4) is 0 Å². The van der Waals surface area contributed by atoms with Gasteiger partial charge in [-0.25, -0.2) is 4.68 Å². The Balaban J connectivity index is 2.04. The number of anilines is 1. The molecule has 0 saturated carbocycles. The highest BCUT2D eigenvalue weighted by Crippen LogP contribution is 2.39. The van der Waals surface area contributed by atoms with Crippen LogP contribution in [0.15, 0.2) is 30.5 Å². The van der Waals surface area contributed by atoms with Gasteiger partial charge in [-0.2, -0.15) is 5.10 Å². The van der Waals surface area contributed by atoms with E-state index in [4.69, 9.17) is 4.74 Å². The molecule has 23 heavy (non-hydrogen) atoms. The largest absolute Gasteiger partial charge is 0.494 e. The molecule has 1 amide bonds. The predicted octanol–water partition coefficient (Wildman–Crippen LogP) is 3.51. The standard InChI is InChI=1S/C18H23N3O2/c1-5-23-13-8-6-7-12(9-13)14-10-16(22)20-17-15(14)11-19-21(17)18(2,3)4/h6-9,11,14H,5,10H2,1-4H3,(H,20,22)/t14-/m1/s1. The second-order valence-corrected chi connectivity index (χ2v) is 6.84. The lowest BCUT2D eigenvalue weighted by Crippen LogP contribution is -2.30. The summed E-state index contributed by atoms with van der Waals surface area (Å²) >= 11 is 0. The fraction of sp³-hybridized carbons (Fsp3) is 0.444. The van der Waals surface area contributed by atoms with Gasteiger partial charge in [-0.05, 0) is 45.4 Å². The summed E-state index contributed by atoms with van der Waals surface area (Å²) in [5.74, 6) is 1.67. The normalized spacial score (nSPS) is 17.6. The number of rotatable bonds is 3. The monoisotopic (exact) mass is 313 g/mol. The SMILES string of the molecule is CCOc1cccc([C@H]2CC(=O)Nc3c2cnn3C(C)(C)C)c1. The number of aromatic nitrogens is 2. The highest BCUT2D eigenvalue weighted by Gasteiger charge is 2.32. The highest BCUT2D eigenvalue weighted by molar-refractivity contribution is 5.94. The number of amides is 1. The van der Waals surface area contributed by atoms with E-state index in [0.717, 1.165) is 22.7 Å². The molecule has 1 aromatic carbocycles. The first-order valence-electron chi connectivity index (χ1n) is 8.01. The first-order chi connectivity index (χ1) is 10.9. The van der Waals surface area contributed by atoms with Crippen LogP contribution in [-0.4, -0.2) is 22.3 Å². The van der Waals surface area contributed by atoms with Crippen LogP contribution in [0.5, 0.6) is 5.75 Å². The second kappa shape index (κ2) is 5.72. The van der Waals surface area contributed by atoms with Crippen LogP contribution in [0.4, 0.5) is 5.82 Å². The van der Waals surface area contributed by atoms with E-state index in [9.17, 15) is 4.79 Å². The molecule has 2 heterocycles. The summed E-state index contributed by atoms with van der Waals surface area (Å²) in [6.07, 6.45) is 2.30. The number of ether oxygens (including phenoxy) is 1. The Hall–Kier alpha value is -2.30. The van der Waals surface area contributed by atoms with Gasteiger partial charge in [-0.1, -0.05) is 12.1 Å². The quantitative estimate of drug-likeness (QED) is 0.943. The molecule has 1 aromatic heterocycles. The summed E-state index contributed by atoms with van der Waals surface area (Å²) in [5, 5.41) is 7.49. The fourth-order valence-electron chi connectivity index (χ4n) is 3.01. The summed E-state index contributed by atoms with van der Waals surface area (Å²) in [4.78, 5) is 12.2. The van der Waals surface area contributed by atoms with Crippen molar-refractivity contribution in [3.8, 4) is 5.75 Å². The van der Waals surface area contributed by atoms with Gasteiger partial charge in [0.2, 0.25) is 5.91 Å². The molecule has 1 N–H and O–H groups in total. The van der Waals surface area contributed by atoms with Gasteiger partial charge in [-0.15, -0.1) is 0 Å². The number of benzene rings is 1. The maximum Gasteiger partial charge on any atom is 0.226 e. The third-order valence-electron chi connectivity index (χ3n) is 4.03. The number of fused-ring (bicyclic) bond motifs is 1. The van der Waals surface area contributed by atoms with Gasteiger partial charge in [0.15, 0.2) is 0 Å². The summed E-state index contributed by atoms with van der Waals surface area (Å²) in [6.45, 7) is 8.82. The Labute approximate surface area is 136 Å². The molecular formula is C18H23N3O2. The third kappa shape index (κ3) is 2.96. The fourth-order valence-corrected chi connectivity index (χ4v) is 3.01. The molecule has 5 heteroatoms. The summed E-state index contributed by atoms with van der Waals surface area (Å²) in [7, 11) is 0. The molecule has 1 atom stereocenters. The van der Waals surface area contributed by atoms with Crippen LogP contribution >= 0.6 is 0 Å². The van der Waals surface area contributed by atoms with Gasteiger partial charge >= 0.3 is 0 Å². The Kier molecular flexibility index (Phi) is 3.88. The third-order valence-corrected chi connectivity index (χ3v) is 4.03. The van der Waals surface area contributed by atoms with E-state index in [0.29, 0.717) is 13.0 Å². The zero-order chi connectivity index (χ0) is 16.6. The topological polar surface area (TPSA) is 56.1 Å².